The maximum absolute atomic E-state index is 11.2. The summed E-state index contributed by atoms with van der Waals surface area (Å²) in [6.07, 6.45) is -0.876. The van der Waals surface area contributed by atoms with E-state index in [2.05, 4.69) is 15.5 Å². The Hall–Kier alpha value is -2.83. The topological polar surface area (TPSA) is 176 Å². The van der Waals surface area contributed by atoms with Gasteiger partial charge in [0.05, 0.1) is 19.8 Å². The molecule has 31 heavy (non-hydrogen) atoms. The van der Waals surface area contributed by atoms with E-state index in [1.165, 1.54) is 0 Å². The Kier molecular flexibility index (Phi) is 15.6. The lowest BCUT2D eigenvalue weighted by atomic mass is 10.2. The van der Waals surface area contributed by atoms with Crippen molar-refractivity contribution < 1.29 is 43.6 Å². The van der Waals surface area contributed by atoms with Crippen molar-refractivity contribution in [1.29, 1.82) is 0 Å². The third-order valence-corrected chi connectivity index (χ3v) is 2.54. The smallest absolute Gasteiger partial charge is 0.407 e. The number of aliphatic hydroxyl groups is 1. The van der Waals surface area contributed by atoms with Crippen molar-refractivity contribution in [2.45, 2.75) is 65.6 Å². The van der Waals surface area contributed by atoms with Crippen LogP contribution in [-0.4, -0.2) is 72.5 Å². The number of carbonyl (C=O) groups is 3. The summed E-state index contributed by atoms with van der Waals surface area (Å²) in [5.41, 5.74) is -1.06. The van der Waals surface area contributed by atoms with Gasteiger partial charge in [-0.15, -0.1) is 10.1 Å². The Balaban J connectivity index is 0. The van der Waals surface area contributed by atoms with Gasteiger partial charge in [0.15, 0.2) is 0 Å². The SMILES string of the molecule is CC(C)(C)OC(=O)NCCO.CC(C)(C)OC(=O)NCCOC(=O)CCCO[N+](=O)[O-]. The number of hydrogen-bond acceptors (Lipinski definition) is 10. The molecule has 0 aromatic rings. The highest BCUT2D eigenvalue weighted by molar-refractivity contribution is 5.69. The van der Waals surface area contributed by atoms with E-state index in [9.17, 15) is 24.5 Å². The predicted molar refractivity (Wildman–Crippen MR) is 109 cm³/mol. The normalized spacial score (nSPS) is 10.7. The van der Waals surface area contributed by atoms with Crippen LogP contribution in [0.1, 0.15) is 54.4 Å². The molecule has 0 aliphatic carbocycles. The average molecular weight is 453 g/mol. The summed E-state index contributed by atoms with van der Waals surface area (Å²) in [6.45, 7) is 10.7. The molecule has 3 N–H and O–H groups in total. The molecule has 0 aromatic heterocycles. The second-order valence-electron chi connectivity index (χ2n) is 7.96. The molecule has 0 saturated heterocycles. The maximum atomic E-state index is 11.2. The van der Waals surface area contributed by atoms with Crippen LogP contribution in [0.4, 0.5) is 9.59 Å². The summed E-state index contributed by atoms with van der Waals surface area (Å²) >= 11 is 0. The van der Waals surface area contributed by atoms with Gasteiger partial charge < -0.3 is 34.8 Å². The van der Waals surface area contributed by atoms with Crippen molar-refractivity contribution >= 4 is 18.2 Å². The predicted octanol–water partition coefficient (Wildman–Crippen LogP) is 1.55. The van der Waals surface area contributed by atoms with Gasteiger partial charge in [0, 0.05) is 13.0 Å². The zero-order valence-electron chi connectivity index (χ0n) is 19.0. The van der Waals surface area contributed by atoms with Gasteiger partial charge in [0.1, 0.15) is 17.8 Å². The van der Waals surface area contributed by atoms with Crippen LogP contribution in [0.25, 0.3) is 0 Å². The lowest BCUT2D eigenvalue weighted by Gasteiger charge is -2.19. The molecule has 0 aliphatic rings. The number of hydrogen-bond donors (Lipinski definition) is 3. The summed E-state index contributed by atoms with van der Waals surface area (Å²) < 4.78 is 14.6. The van der Waals surface area contributed by atoms with Gasteiger partial charge in [-0.1, -0.05) is 0 Å². The number of alkyl carbamates (subject to hydrolysis) is 2. The van der Waals surface area contributed by atoms with Crippen LogP contribution in [0.15, 0.2) is 0 Å². The van der Waals surface area contributed by atoms with E-state index in [-0.39, 0.29) is 45.8 Å². The van der Waals surface area contributed by atoms with Crippen molar-refractivity contribution in [3.8, 4) is 0 Å². The fraction of sp³-hybridized carbons (Fsp3) is 0.833. The number of esters is 1. The molecule has 0 aliphatic heterocycles. The second-order valence-corrected chi connectivity index (χ2v) is 7.96. The van der Waals surface area contributed by atoms with Crippen LogP contribution < -0.4 is 10.6 Å². The number of rotatable bonds is 10. The first-order chi connectivity index (χ1) is 14.2. The van der Waals surface area contributed by atoms with E-state index < -0.39 is 34.4 Å². The molecule has 0 fully saturated rings. The Bertz CT molecular complexity index is 556. The third-order valence-electron chi connectivity index (χ3n) is 2.54. The standard InChI is InChI=1S/C11H20N2O7.C7H15NO3/c1-11(2,3)20-10(15)12-6-8-18-9(14)5-4-7-19-13(16)17;1-7(2,3)11-6(10)8-4-5-9/h4-8H2,1-3H3,(H,12,15);9H,4-5H2,1-3H3,(H,8,10). The highest BCUT2D eigenvalue weighted by Crippen LogP contribution is 2.06. The highest BCUT2D eigenvalue weighted by Gasteiger charge is 2.16. The summed E-state index contributed by atoms with van der Waals surface area (Å²) in [4.78, 5) is 47.0. The zero-order chi connectivity index (χ0) is 24.5. The van der Waals surface area contributed by atoms with Crippen LogP contribution in [0, 0.1) is 10.1 Å². The summed E-state index contributed by atoms with van der Waals surface area (Å²) in [5, 5.41) is 22.1. The van der Waals surface area contributed by atoms with E-state index in [1.54, 1.807) is 41.5 Å². The van der Waals surface area contributed by atoms with Crippen LogP contribution in [0.5, 0.6) is 0 Å². The molecule has 0 heterocycles. The quantitative estimate of drug-likeness (QED) is 0.145. The maximum Gasteiger partial charge on any atom is 0.407 e. The summed E-state index contributed by atoms with van der Waals surface area (Å²) in [5.74, 6) is -0.511. The first-order valence-electron chi connectivity index (χ1n) is 9.63. The van der Waals surface area contributed by atoms with Crippen molar-refractivity contribution in [2.75, 3.05) is 32.9 Å². The molecular formula is C18H35N3O10. The molecule has 0 aromatic carbocycles. The number of ether oxygens (including phenoxy) is 3. The van der Waals surface area contributed by atoms with Gasteiger partial charge >= 0.3 is 18.2 Å². The molecule has 13 nitrogen and oxygen atoms in total. The monoisotopic (exact) mass is 453 g/mol. The van der Waals surface area contributed by atoms with Gasteiger partial charge in [0.2, 0.25) is 0 Å². The number of carbonyl (C=O) groups excluding carboxylic acids is 3. The van der Waals surface area contributed by atoms with Crippen LogP contribution >= 0.6 is 0 Å². The second kappa shape index (κ2) is 15.9. The van der Waals surface area contributed by atoms with Crippen molar-refractivity contribution in [3.05, 3.63) is 10.1 Å². The molecule has 0 atom stereocenters. The molecule has 2 amide bonds. The largest absolute Gasteiger partial charge is 0.464 e. The van der Waals surface area contributed by atoms with E-state index >= 15 is 0 Å². The van der Waals surface area contributed by atoms with Gasteiger partial charge in [-0.3, -0.25) is 4.79 Å². The number of aliphatic hydroxyl groups excluding tert-OH is 1. The third kappa shape index (κ3) is 27.2. The molecule has 0 bridgehead atoms. The summed E-state index contributed by atoms with van der Waals surface area (Å²) in [6, 6.07) is 0. The first-order valence-corrected chi connectivity index (χ1v) is 9.63. The fourth-order valence-electron chi connectivity index (χ4n) is 1.53. The minimum Gasteiger partial charge on any atom is -0.464 e. The number of nitrogens with one attached hydrogen (secondary N) is 2. The lowest BCUT2D eigenvalue weighted by Crippen LogP contribution is -2.34. The van der Waals surface area contributed by atoms with Crippen molar-refractivity contribution in [3.63, 3.8) is 0 Å². The Morgan fingerprint density at radius 3 is 1.81 bits per heavy atom. The Morgan fingerprint density at radius 2 is 1.39 bits per heavy atom. The Labute approximate surface area is 181 Å². The number of amides is 2. The minimum absolute atomic E-state index is 0.00810. The van der Waals surface area contributed by atoms with Gasteiger partial charge in [-0.05, 0) is 48.0 Å². The molecule has 0 unspecified atom stereocenters. The van der Waals surface area contributed by atoms with E-state index in [1.807, 2.05) is 0 Å². The molecule has 0 radical (unpaired) electrons. The van der Waals surface area contributed by atoms with E-state index in [0.717, 1.165) is 0 Å². The van der Waals surface area contributed by atoms with Crippen LogP contribution in [0.3, 0.4) is 0 Å². The van der Waals surface area contributed by atoms with Crippen molar-refractivity contribution in [2.24, 2.45) is 0 Å². The van der Waals surface area contributed by atoms with E-state index in [0.29, 0.717) is 0 Å². The van der Waals surface area contributed by atoms with E-state index in [4.69, 9.17) is 19.3 Å². The highest BCUT2D eigenvalue weighted by atomic mass is 16.9. The summed E-state index contributed by atoms with van der Waals surface area (Å²) in [7, 11) is 0. The fourth-order valence-corrected chi connectivity index (χ4v) is 1.53. The average Bonchev–Trinajstić information content (AvgIpc) is 2.58. The molecule has 0 rings (SSSR count). The molecule has 182 valence electrons. The first kappa shape index (κ1) is 30.4. The molecular weight excluding hydrogens is 418 g/mol. The van der Waals surface area contributed by atoms with Crippen LogP contribution in [0.2, 0.25) is 0 Å². The Morgan fingerprint density at radius 1 is 0.903 bits per heavy atom. The molecule has 13 heteroatoms. The van der Waals surface area contributed by atoms with Gasteiger partial charge in [-0.25, -0.2) is 9.59 Å². The zero-order valence-corrected chi connectivity index (χ0v) is 19.0. The van der Waals surface area contributed by atoms with Gasteiger partial charge in [-0.2, -0.15) is 0 Å². The molecule has 0 saturated carbocycles. The van der Waals surface area contributed by atoms with Crippen molar-refractivity contribution in [1.82, 2.24) is 10.6 Å². The lowest BCUT2D eigenvalue weighted by molar-refractivity contribution is -0.757. The number of nitrogens with zero attached hydrogens (tertiary/aromatic N) is 1. The van der Waals surface area contributed by atoms with Crippen LogP contribution in [-0.2, 0) is 23.8 Å². The molecule has 0 spiro atoms. The van der Waals surface area contributed by atoms with Gasteiger partial charge in [0.25, 0.3) is 5.09 Å². The minimum atomic E-state index is -0.921.